The van der Waals surface area contributed by atoms with Crippen molar-refractivity contribution in [1.82, 2.24) is 6.15 Å². The van der Waals surface area contributed by atoms with Gasteiger partial charge in [0.05, 0.1) is 0 Å². The van der Waals surface area contributed by atoms with Crippen molar-refractivity contribution in [2.75, 3.05) is 19.6 Å². The molecule has 0 aliphatic carbocycles. The molecule has 0 aromatic rings. The van der Waals surface area contributed by atoms with Crippen molar-refractivity contribution in [2.24, 2.45) is 0 Å². The van der Waals surface area contributed by atoms with Gasteiger partial charge in [0.25, 0.3) is 0 Å². The van der Waals surface area contributed by atoms with Crippen molar-refractivity contribution < 1.29 is 168 Å². The average molecular weight is 388 g/mol. The molecule has 0 heterocycles. The van der Waals surface area contributed by atoms with Crippen LogP contribution in [0, 0.1) is 0 Å². The Hall–Kier alpha value is 1.54. The second-order valence-electron chi connectivity index (χ2n) is 3.87. The third kappa shape index (κ3) is 14.7. The average Bonchev–Trinajstić information content (AvgIpc) is 2.12. The van der Waals surface area contributed by atoms with E-state index in [0.717, 1.165) is 6.08 Å². The molecule has 0 aliphatic rings. The van der Waals surface area contributed by atoms with Crippen LogP contribution in [-0.2, 0) is 19.2 Å². The maximum atomic E-state index is 10.9. The summed E-state index contributed by atoms with van der Waals surface area (Å²) >= 11 is 0. The van der Waals surface area contributed by atoms with Crippen molar-refractivity contribution in [2.45, 2.75) is 6.04 Å². The fourth-order valence-electron chi connectivity index (χ4n) is 1.81. The van der Waals surface area contributed by atoms with Crippen molar-refractivity contribution >= 4 is 23.9 Å². The second kappa shape index (κ2) is 19.3. The van der Waals surface area contributed by atoms with E-state index in [4.69, 9.17) is 15.3 Å². The molecule has 10 nitrogen and oxygen atoms in total. The molecular weight excluding hydrogens is 368 g/mol. The maximum Gasteiger partial charge on any atom is 1.00 e. The number of carboxylic acid groups (broad SMARTS) is 4. The summed E-state index contributed by atoms with van der Waals surface area (Å²) in [6, 6.07) is -1.76. The van der Waals surface area contributed by atoms with Gasteiger partial charge >= 0.3 is 136 Å². The summed E-state index contributed by atoms with van der Waals surface area (Å²) in [5.41, 5.74) is 0. The molecule has 0 spiro atoms. The van der Waals surface area contributed by atoms with Crippen LogP contribution in [0.25, 0.3) is 0 Å². The van der Waals surface area contributed by atoms with Gasteiger partial charge in [-0.05, 0) is 6.08 Å². The van der Waals surface area contributed by atoms with Crippen LogP contribution in [0.3, 0.4) is 0 Å². The Balaban J connectivity index is -0.0000000450. The van der Waals surface area contributed by atoms with Crippen LogP contribution in [-0.4, -0.2) is 69.4 Å². The van der Waals surface area contributed by atoms with Crippen molar-refractivity contribution in [3.63, 3.8) is 0 Å². The smallest absolute Gasteiger partial charge is 1.00 e. The first-order valence-corrected chi connectivity index (χ1v) is 4.99. The van der Waals surface area contributed by atoms with Crippen LogP contribution in [0.1, 0.15) is 5.71 Å². The molecule has 0 aliphatic heterocycles. The molecule has 0 saturated heterocycles. The number of hydrogen-bond acceptors (Lipinski definition) is 6. The fourth-order valence-corrected chi connectivity index (χ4v) is 1.81. The molecule has 14 heteroatoms. The number of hydrogen-bond donors (Lipinski definition) is 4. The van der Waals surface area contributed by atoms with E-state index in [9.17, 15) is 24.3 Å². The third-order valence-corrected chi connectivity index (χ3v) is 2.41. The molecule has 0 aromatic carbocycles. The van der Waals surface area contributed by atoms with E-state index >= 15 is 0 Å². The van der Waals surface area contributed by atoms with Gasteiger partial charge in [0.2, 0.25) is 0 Å². The number of carbonyl (C=O) groups is 4. The quantitative estimate of drug-likeness (QED) is 0.169. The number of carboxylic acids is 4. The van der Waals surface area contributed by atoms with Crippen molar-refractivity contribution in [3.05, 3.63) is 12.7 Å². The Labute approximate surface area is 233 Å². The molecule has 0 aromatic heterocycles. The van der Waals surface area contributed by atoms with Crippen molar-refractivity contribution in [1.29, 1.82) is 0 Å². The normalized spacial score (nSPS) is 9.83. The third-order valence-electron chi connectivity index (χ3n) is 2.41. The molecule has 0 bridgehead atoms. The Kier molecular flexibility index (Phi) is 32.4. The molecule has 0 amide bonds. The summed E-state index contributed by atoms with van der Waals surface area (Å²) in [5, 5.41) is 37.2. The van der Waals surface area contributed by atoms with Gasteiger partial charge in [-0.25, -0.2) is 14.4 Å². The van der Waals surface area contributed by atoms with Crippen LogP contribution in [0.4, 0.5) is 0 Å². The zero-order valence-electron chi connectivity index (χ0n) is 18.5. The van der Waals surface area contributed by atoms with Gasteiger partial charge in [-0.1, -0.05) is 6.58 Å². The predicted octanol–water partition coefficient (Wildman–Crippen LogP) is -14.0. The first-order chi connectivity index (χ1) is 8.64. The van der Waals surface area contributed by atoms with E-state index in [2.05, 4.69) is 6.58 Å². The molecular formula is C10H20N2Na4O8. The summed E-state index contributed by atoms with van der Waals surface area (Å²) in [6.45, 7) is 0.165. The minimum Gasteiger partial charge on any atom is -1.00 e. The first-order valence-electron chi connectivity index (χ1n) is 4.99. The van der Waals surface area contributed by atoms with Gasteiger partial charge in [-0.2, -0.15) is 0 Å². The first kappa shape index (κ1) is 40.3. The summed E-state index contributed by atoms with van der Waals surface area (Å²) in [7, 11) is 0. The molecule has 1 atom stereocenters. The van der Waals surface area contributed by atoms with E-state index in [1.165, 1.54) is 0 Å². The molecule has 6 N–H and O–H groups in total. The van der Waals surface area contributed by atoms with Crippen LogP contribution >= 0.6 is 0 Å². The summed E-state index contributed by atoms with van der Waals surface area (Å²) in [6.07, 6.45) is 0.768. The standard InChI is InChI=1S/C10H13NO8.H3N.4Na.4H/c1-2-6(10(18)19)11(3-7(12)13,4-8(14)15)5-9(16)17;;;;;;;;;/h2,6H,1,3-5H2,(H3-,12,13,14,15,16,17,18,19);1H3;;;;;;;;/q;;4*+1;4*-1. The van der Waals surface area contributed by atoms with Gasteiger partial charge in [0.1, 0.15) is 12.0 Å². The predicted molar refractivity (Wildman–Crippen MR) is 66.2 cm³/mol. The van der Waals surface area contributed by atoms with Gasteiger partial charge < -0.3 is 37.1 Å². The largest absolute Gasteiger partial charge is 1.00 e. The Morgan fingerprint density at radius 1 is 0.917 bits per heavy atom. The molecule has 0 saturated carbocycles. The van der Waals surface area contributed by atoms with E-state index in [0.29, 0.717) is 0 Å². The number of nitrogens with zero attached hydrogens (tertiary/aromatic N) is 1. The van der Waals surface area contributed by atoms with Gasteiger partial charge in [0.15, 0.2) is 19.6 Å². The van der Waals surface area contributed by atoms with Gasteiger partial charge in [-0.15, -0.1) is 0 Å². The van der Waals surface area contributed by atoms with E-state index < -0.39 is 54.0 Å². The molecule has 0 fully saturated rings. The number of aliphatic carboxylic acids is 4. The topological polar surface area (TPSA) is 187 Å². The molecule has 24 heavy (non-hydrogen) atoms. The van der Waals surface area contributed by atoms with Crippen LogP contribution in [0.15, 0.2) is 12.7 Å². The van der Waals surface area contributed by atoms with Gasteiger partial charge in [0, 0.05) is 0 Å². The zero-order valence-corrected chi connectivity index (χ0v) is 22.5. The van der Waals surface area contributed by atoms with Crippen molar-refractivity contribution in [3.8, 4) is 0 Å². The number of quaternary nitrogens is 1. The minimum atomic E-state index is -1.79. The summed E-state index contributed by atoms with van der Waals surface area (Å²) < 4.78 is -1.24. The molecule has 122 valence electrons. The Morgan fingerprint density at radius 2 is 1.17 bits per heavy atom. The Morgan fingerprint density at radius 3 is 1.29 bits per heavy atom. The summed E-state index contributed by atoms with van der Waals surface area (Å²) in [4.78, 5) is 43.3. The minimum absolute atomic E-state index is 0. The SMILES string of the molecule is C=CC(C(=O)[O-])[N+](CC(=O)O)(CC(=O)O)CC(=O)O.N.[H-].[H-].[H-].[H-].[Na+].[Na+].[Na+].[Na+]. The summed E-state index contributed by atoms with van der Waals surface area (Å²) in [5.74, 6) is -6.39. The monoisotopic (exact) mass is 388 g/mol. The zero-order chi connectivity index (χ0) is 15.2. The fraction of sp³-hybridized carbons (Fsp3) is 0.400. The van der Waals surface area contributed by atoms with E-state index in [-0.39, 0.29) is 130 Å². The molecule has 1 unspecified atom stereocenters. The van der Waals surface area contributed by atoms with E-state index in [1.54, 1.807) is 0 Å². The van der Waals surface area contributed by atoms with Crippen LogP contribution in [0.5, 0.6) is 0 Å². The van der Waals surface area contributed by atoms with Crippen LogP contribution < -0.4 is 129 Å². The number of rotatable bonds is 9. The Bertz CT molecular complexity index is 411. The van der Waals surface area contributed by atoms with E-state index in [1.807, 2.05) is 0 Å². The van der Waals surface area contributed by atoms with Crippen LogP contribution in [0.2, 0.25) is 0 Å². The molecule has 0 radical (unpaired) electrons. The van der Waals surface area contributed by atoms with Gasteiger partial charge in [-0.3, -0.25) is 4.48 Å². The second-order valence-corrected chi connectivity index (χ2v) is 3.87. The maximum absolute atomic E-state index is 10.9. The molecule has 0 rings (SSSR count). The number of carbonyl (C=O) groups excluding carboxylic acids is 1.